The van der Waals surface area contributed by atoms with Crippen molar-refractivity contribution < 1.29 is 19.8 Å². The third kappa shape index (κ3) is 6.35. The van der Waals surface area contributed by atoms with Crippen LogP contribution in [-0.2, 0) is 16.1 Å². The average molecular weight is 443 g/mol. The number of carboxylic acid groups (broad SMARTS) is 2. The standard InChI is InChI=1S/C15H14Cl2N4S.C2H2O4/c16-11-2-1-10(14(17)5-11)7-19-12-3-4-21(9-12)15-20-8-13(6-18)22-15;3-1(4)2(5)6/h1-2,5,8,12,19H,3-4,7,9H2;(H,3,4)(H,5,6). The summed E-state index contributed by atoms with van der Waals surface area (Å²) >= 11 is 13.5. The third-order valence-electron chi connectivity index (χ3n) is 3.84. The van der Waals surface area contributed by atoms with E-state index in [-0.39, 0.29) is 0 Å². The zero-order valence-electron chi connectivity index (χ0n) is 14.4. The predicted molar refractivity (Wildman–Crippen MR) is 106 cm³/mol. The number of anilines is 1. The molecule has 2 heterocycles. The SMILES string of the molecule is N#Cc1cnc(N2CCC(NCc3ccc(Cl)cc3Cl)C2)s1.O=C(O)C(=O)O. The number of carboxylic acids is 2. The van der Waals surface area contributed by atoms with Gasteiger partial charge in [0, 0.05) is 35.7 Å². The largest absolute Gasteiger partial charge is 0.473 e. The molecule has 1 aliphatic rings. The lowest BCUT2D eigenvalue weighted by Gasteiger charge is -2.16. The molecule has 3 rings (SSSR count). The van der Waals surface area contributed by atoms with Crippen LogP contribution in [0.1, 0.15) is 16.9 Å². The summed E-state index contributed by atoms with van der Waals surface area (Å²) in [6.07, 6.45) is 2.68. The summed E-state index contributed by atoms with van der Waals surface area (Å²) in [4.78, 5) is 25.4. The van der Waals surface area contributed by atoms with Crippen molar-refractivity contribution in [3.05, 3.63) is 44.9 Å². The molecule has 0 amide bonds. The maximum atomic E-state index is 9.10. The van der Waals surface area contributed by atoms with Gasteiger partial charge in [0.25, 0.3) is 0 Å². The zero-order valence-corrected chi connectivity index (χ0v) is 16.8. The summed E-state index contributed by atoms with van der Waals surface area (Å²) in [5.41, 5.74) is 1.05. The van der Waals surface area contributed by atoms with Gasteiger partial charge >= 0.3 is 11.9 Å². The molecule has 0 saturated carbocycles. The Morgan fingerprint density at radius 1 is 1.36 bits per heavy atom. The summed E-state index contributed by atoms with van der Waals surface area (Å²) in [6.45, 7) is 2.56. The number of nitrogens with zero attached hydrogens (tertiary/aromatic N) is 3. The van der Waals surface area contributed by atoms with Crippen molar-refractivity contribution in [2.24, 2.45) is 0 Å². The summed E-state index contributed by atoms with van der Waals surface area (Å²) in [5.74, 6) is -3.65. The van der Waals surface area contributed by atoms with E-state index in [0.717, 1.165) is 36.8 Å². The van der Waals surface area contributed by atoms with Gasteiger partial charge in [-0.3, -0.25) is 0 Å². The molecular formula is C17H16Cl2N4O4S. The number of nitriles is 1. The molecule has 3 N–H and O–H groups in total. The van der Waals surface area contributed by atoms with Crippen LogP contribution in [0.5, 0.6) is 0 Å². The molecule has 0 bridgehead atoms. The van der Waals surface area contributed by atoms with Gasteiger partial charge in [0.2, 0.25) is 0 Å². The fourth-order valence-corrected chi connectivity index (χ4v) is 3.71. The van der Waals surface area contributed by atoms with Gasteiger partial charge < -0.3 is 20.4 Å². The number of halogens is 2. The minimum Gasteiger partial charge on any atom is -0.473 e. The monoisotopic (exact) mass is 442 g/mol. The minimum atomic E-state index is -1.82. The first-order chi connectivity index (χ1) is 13.3. The van der Waals surface area contributed by atoms with Crippen LogP contribution in [0.2, 0.25) is 10.0 Å². The second-order valence-electron chi connectivity index (χ2n) is 5.78. The van der Waals surface area contributed by atoms with Gasteiger partial charge in [0.05, 0.1) is 6.20 Å². The number of hydrogen-bond acceptors (Lipinski definition) is 7. The van der Waals surface area contributed by atoms with E-state index in [4.69, 9.17) is 48.3 Å². The maximum Gasteiger partial charge on any atom is 0.414 e. The number of hydrogen-bond donors (Lipinski definition) is 3. The number of rotatable bonds is 4. The Labute approximate surface area is 174 Å². The molecule has 11 heteroatoms. The molecule has 1 aliphatic heterocycles. The summed E-state index contributed by atoms with van der Waals surface area (Å²) in [7, 11) is 0. The smallest absolute Gasteiger partial charge is 0.414 e. The van der Waals surface area contributed by atoms with Crippen molar-refractivity contribution in [3.63, 3.8) is 0 Å². The predicted octanol–water partition coefficient (Wildman–Crippen LogP) is 2.85. The Morgan fingerprint density at radius 2 is 2.07 bits per heavy atom. The molecule has 1 unspecified atom stereocenters. The van der Waals surface area contributed by atoms with Crippen molar-refractivity contribution in [3.8, 4) is 6.07 Å². The van der Waals surface area contributed by atoms with Crippen LogP contribution < -0.4 is 10.2 Å². The summed E-state index contributed by atoms with van der Waals surface area (Å²) in [6, 6.07) is 8.08. The van der Waals surface area contributed by atoms with E-state index in [1.165, 1.54) is 11.3 Å². The molecule has 28 heavy (non-hydrogen) atoms. The van der Waals surface area contributed by atoms with Crippen LogP contribution in [0.4, 0.5) is 5.13 Å². The fraction of sp³-hybridized carbons (Fsp3) is 0.294. The Morgan fingerprint density at radius 3 is 2.64 bits per heavy atom. The summed E-state index contributed by atoms with van der Waals surface area (Å²) in [5, 5.41) is 29.4. The lowest BCUT2D eigenvalue weighted by Crippen LogP contribution is -2.32. The Kier molecular flexibility index (Phi) is 8.02. The second kappa shape index (κ2) is 10.2. The van der Waals surface area contributed by atoms with Gasteiger partial charge in [-0.1, -0.05) is 40.6 Å². The third-order valence-corrected chi connectivity index (χ3v) is 5.39. The Balaban J connectivity index is 0.000000409. The molecular weight excluding hydrogens is 427 g/mol. The first kappa shape index (κ1) is 21.9. The van der Waals surface area contributed by atoms with E-state index < -0.39 is 11.9 Å². The van der Waals surface area contributed by atoms with E-state index >= 15 is 0 Å². The van der Waals surface area contributed by atoms with Crippen LogP contribution in [-0.4, -0.2) is 46.3 Å². The molecule has 0 radical (unpaired) electrons. The Bertz CT molecular complexity index is 888. The van der Waals surface area contributed by atoms with Crippen molar-refractivity contribution in [1.29, 1.82) is 5.26 Å². The van der Waals surface area contributed by atoms with Crippen molar-refractivity contribution in [1.82, 2.24) is 10.3 Å². The van der Waals surface area contributed by atoms with Crippen LogP contribution in [0.15, 0.2) is 24.4 Å². The number of aromatic nitrogens is 1. The van der Waals surface area contributed by atoms with Gasteiger partial charge in [-0.15, -0.1) is 0 Å². The summed E-state index contributed by atoms with van der Waals surface area (Å²) < 4.78 is 0. The van der Waals surface area contributed by atoms with Crippen molar-refractivity contribution in [2.75, 3.05) is 18.0 Å². The molecule has 1 atom stereocenters. The minimum absolute atomic E-state index is 0.390. The number of carbonyl (C=O) groups is 2. The van der Waals surface area contributed by atoms with E-state index in [0.29, 0.717) is 21.0 Å². The van der Waals surface area contributed by atoms with Crippen LogP contribution in [0.3, 0.4) is 0 Å². The van der Waals surface area contributed by atoms with Crippen LogP contribution in [0, 0.1) is 11.3 Å². The van der Waals surface area contributed by atoms with E-state index in [1.807, 2.05) is 12.1 Å². The number of thiazole rings is 1. The van der Waals surface area contributed by atoms with E-state index in [1.54, 1.807) is 12.3 Å². The topological polar surface area (TPSA) is 127 Å². The fourth-order valence-electron chi connectivity index (χ4n) is 2.48. The number of aliphatic carboxylic acids is 2. The number of nitrogens with one attached hydrogen (secondary N) is 1. The van der Waals surface area contributed by atoms with E-state index in [2.05, 4.69) is 21.3 Å². The molecule has 8 nitrogen and oxygen atoms in total. The van der Waals surface area contributed by atoms with Gasteiger partial charge in [-0.2, -0.15) is 5.26 Å². The molecule has 1 saturated heterocycles. The second-order valence-corrected chi connectivity index (χ2v) is 7.63. The molecule has 1 fully saturated rings. The van der Waals surface area contributed by atoms with Gasteiger partial charge in [0.1, 0.15) is 10.9 Å². The van der Waals surface area contributed by atoms with Crippen LogP contribution in [0.25, 0.3) is 0 Å². The highest BCUT2D eigenvalue weighted by Gasteiger charge is 2.24. The zero-order chi connectivity index (χ0) is 20.7. The van der Waals surface area contributed by atoms with Crippen LogP contribution >= 0.6 is 34.5 Å². The van der Waals surface area contributed by atoms with Gasteiger partial charge in [-0.25, -0.2) is 14.6 Å². The van der Waals surface area contributed by atoms with Gasteiger partial charge in [0.15, 0.2) is 5.13 Å². The highest BCUT2D eigenvalue weighted by Crippen LogP contribution is 2.26. The van der Waals surface area contributed by atoms with E-state index in [9.17, 15) is 0 Å². The highest BCUT2D eigenvalue weighted by molar-refractivity contribution is 7.16. The molecule has 1 aromatic carbocycles. The normalized spacial score (nSPS) is 15.5. The quantitative estimate of drug-likeness (QED) is 0.616. The van der Waals surface area contributed by atoms with Gasteiger partial charge in [-0.05, 0) is 24.1 Å². The lowest BCUT2D eigenvalue weighted by molar-refractivity contribution is -0.159. The molecule has 1 aromatic heterocycles. The molecule has 0 aliphatic carbocycles. The first-order valence-corrected chi connectivity index (χ1v) is 9.61. The number of benzene rings is 1. The Hall–Kier alpha value is -2.38. The molecule has 148 valence electrons. The van der Waals surface area contributed by atoms with Crippen molar-refractivity contribution in [2.45, 2.75) is 19.0 Å². The molecule has 2 aromatic rings. The first-order valence-electron chi connectivity index (χ1n) is 8.04. The van der Waals surface area contributed by atoms with Crippen molar-refractivity contribution >= 4 is 51.6 Å². The molecule has 0 spiro atoms. The lowest BCUT2D eigenvalue weighted by atomic mass is 10.2. The highest BCUT2D eigenvalue weighted by atomic mass is 35.5. The average Bonchev–Trinajstić information content (AvgIpc) is 3.30. The maximum absolute atomic E-state index is 9.10.